The van der Waals surface area contributed by atoms with Crippen LogP contribution in [0.25, 0.3) is 0 Å². The fourth-order valence-corrected chi connectivity index (χ4v) is 1.75. The van der Waals surface area contributed by atoms with Gasteiger partial charge in [0.2, 0.25) is 5.89 Å². The maximum atomic E-state index is 11.6. The minimum Gasteiger partial charge on any atom is -0.349 e. The lowest BCUT2D eigenvalue weighted by Gasteiger charge is -2.01. The fraction of sp³-hybridized carbons (Fsp3) is 0.700. The Morgan fingerprint density at radius 1 is 1.65 bits per heavy atom. The molecule has 2 heterocycles. The molecule has 94 valence electrons. The summed E-state index contributed by atoms with van der Waals surface area (Å²) < 4.78 is 5.07. The summed E-state index contributed by atoms with van der Waals surface area (Å²) in [6.45, 7) is 2.02. The number of nitrogens with zero attached hydrogens (tertiary/aromatic N) is 2. The highest BCUT2D eigenvalue weighted by Crippen LogP contribution is 2.20. The van der Waals surface area contributed by atoms with Crippen molar-refractivity contribution in [1.29, 1.82) is 0 Å². The van der Waals surface area contributed by atoms with E-state index in [0.717, 1.165) is 25.8 Å². The van der Waals surface area contributed by atoms with E-state index in [0.29, 0.717) is 19.0 Å². The average molecular weight is 239 g/mol. The second-order valence-electron chi connectivity index (χ2n) is 4.00. The highest BCUT2D eigenvalue weighted by Gasteiger charge is 2.23. The van der Waals surface area contributed by atoms with E-state index >= 15 is 0 Å². The van der Waals surface area contributed by atoms with Crippen LogP contribution in [0, 0.1) is 0 Å². The van der Waals surface area contributed by atoms with E-state index in [2.05, 4.69) is 20.8 Å². The van der Waals surface area contributed by atoms with Crippen molar-refractivity contribution in [1.82, 2.24) is 20.8 Å². The molecule has 1 amide bonds. The zero-order valence-corrected chi connectivity index (χ0v) is 9.61. The van der Waals surface area contributed by atoms with E-state index in [1.807, 2.05) is 0 Å². The van der Waals surface area contributed by atoms with Gasteiger partial charge >= 0.3 is 0 Å². The number of amides is 1. The molecule has 1 aliphatic heterocycles. The summed E-state index contributed by atoms with van der Waals surface area (Å²) in [7, 11) is 0. The lowest BCUT2D eigenvalue weighted by molar-refractivity contribution is 0.0940. The molecule has 4 N–H and O–H groups in total. The van der Waals surface area contributed by atoms with Crippen LogP contribution in [0.1, 0.15) is 41.8 Å². The Morgan fingerprint density at radius 3 is 3.24 bits per heavy atom. The van der Waals surface area contributed by atoms with Gasteiger partial charge in [0.25, 0.3) is 11.7 Å². The summed E-state index contributed by atoms with van der Waals surface area (Å²) in [6.07, 6.45) is 2.79. The third-order valence-electron chi connectivity index (χ3n) is 2.67. The van der Waals surface area contributed by atoms with Crippen LogP contribution in [0.2, 0.25) is 0 Å². The first kappa shape index (κ1) is 12.0. The van der Waals surface area contributed by atoms with E-state index < -0.39 is 0 Å². The lowest BCUT2D eigenvalue weighted by Crippen LogP contribution is -2.27. The summed E-state index contributed by atoms with van der Waals surface area (Å²) in [5, 5.41) is 9.58. The van der Waals surface area contributed by atoms with Gasteiger partial charge in [-0.2, -0.15) is 4.98 Å². The van der Waals surface area contributed by atoms with E-state index in [4.69, 9.17) is 10.3 Å². The third-order valence-corrected chi connectivity index (χ3v) is 2.67. The number of nitrogens with two attached hydrogens (primary N) is 1. The molecule has 1 saturated heterocycles. The maximum Gasteiger partial charge on any atom is 0.292 e. The molecule has 1 unspecified atom stereocenters. The first-order valence-electron chi connectivity index (χ1n) is 5.86. The van der Waals surface area contributed by atoms with Crippen molar-refractivity contribution >= 4 is 5.91 Å². The van der Waals surface area contributed by atoms with Crippen molar-refractivity contribution in [2.75, 3.05) is 19.6 Å². The summed E-state index contributed by atoms with van der Waals surface area (Å²) in [5.41, 5.74) is 5.33. The number of nitrogens with one attached hydrogen (secondary N) is 2. The van der Waals surface area contributed by atoms with Crippen molar-refractivity contribution in [3.63, 3.8) is 0 Å². The van der Waals surface area contributed by atoms with Gasteiger partial charge in [-0.25, -0.2) is 0 Å². The third kappa shape index (κ3) is 3.01. The Balaban J connectivity index is 1.90. The minimum absolute atomic E-state index is 0.0886. The SMILES string of the molecule is NCCCNC(=O)c1noc(C2CCCN2)n1. The molecule has 1 aromatic heterocycles. The first-order chi connectivity index (χ1) is 8.31. The Hall–Kier alpha value is -1.47. The molecule has 1 aromatic rings. The molecule has 0 aromatic carbocycles. The number of carbonyl (C=O) groups is 1. The highest BCUT2D eigenvalue weighted by molar-refractivity contribution is 5.90. The number of rotatable bonds is 5. The summed E-state index contributed by atoms with van der Waals surface area (Å²) in [4.78, 5) is 15.7. The number of aromatic nitrogens is 2. The average Bonchev–Trinajstić information content (AvgIpc) is 3.00. The number of carbonyl (C=O) groups excluding carboxylic acids is 1. The molecule has 7 heteroatoms. The van der Waals surface area contributed by atoms with Crippen LogP contribution in [-0.2, 0) is 0 Å². The van der Waals surface area contributed by atoms with E-state index in [-0.39, 0.29) is 17.8 Å². The predicted octanol–water partition coefficient (Wildman–Crippen LogP) is -0.427. The van der Waals surface area contributed by atoms with Crippen LogP contribution in [0.3, 0.4) is 0 Å². The highest BCUT2D eigenvalue weighted by atomic mass is 16.5. The molecule has 0 bridgehead atoms. The molecule has 0 spiro atoms. The Kier molecular flexibility index (Phi) is 4.05. The second kappa shape index (κ2) is 5.74. The van der Waals surface area contributed by atoms with Crippen LogP contribution < -0.4 is 16.4 Å². The van der Waals surface area contributed by atoms with Gasteiger partial charge < -0.3 is 20.9 Å². The molecule has 0 aliphatic carbocycles. The first-order valence-corrected chi connectivity index (χ1v) is 5.86. The van der Waals surface area contributed by atoms with Crippen LogP contribution in [0.5, 0.6) is 0 Å². The van der Waals surface area contributed by atoms with E-state index in [1.54, 1.807) is 0 Å². The minimum atomic E-state index is -0.313. The smallest absolute Gasteiger partial charge is 0.292 e. The van der Waals surface area contributed by atoms with Crippen LogP contribution in [0.15, 0.2) is 4.52 Å². The maximum absolute atomic E-state index is 11.6. The molecule has 1 fully saturated rings. The molecule has 2 rings (SSSR count). The molecule has 1 aliphatic rings. The Bertz CT molecular complexity index is 373. The van der Waals surface area contributed by atoms with Crippen molar-refractivity contribution in [2.45, 2.75) is 25.3 Å². The van der Waals surface area contributed by atoms with Crippen molar-refractivity contribution in [3.8, 4) is 0 Å². The lowest BCUT2D eigenvalue weighted by atomic mass is 10.2. The Labute approximate surface area is 99.1 Å². The monoisotopic (exact) mass is 239 g/mol. The van der Waals surface area contributed by atoms with Gasteiger partial charge in [0.05, 0.1) is 6.04 Å². The van der Waals surface area contributed by atoms with Crippen LogP contribution >= 0.6 is 0 Å². The fourth-order valence-electron chi connectivity index (χ4n) is 1.75. The summed E-state index contributed by atoms with van der Waals surface area (Å²) >= 11 is 0. The molecule has 17 heavy (non-hydrogen) atoms. The van der Waals surface area contributed by atoms with Gasteiger partial charge in [0, 0.05) is 6.54 Å². The quantitative estimate of drug-likeness (QED) is 0.602. The van der Waals surface area contributed by atoms with Gasteiger partial charge in [-0.05, 0) is 32.4 Å². The van der Waals surface area contributed by atoms with Crippen molar-refractivity contribution in [2.24, 2.45) is 5.73 Å². The molecular weight excluding hydrogens is 222 g/mol. The zero-order chi connectivity index (χ0) is 12.1. The molecule has 7 nitrogen and oxygen atoms in total. The zero-order valence-electron chi connectivity index (χ0n) is 9.61. The Morgan fingerprint density at radius 2 is 2.53 bits per heavy atom. The summed E-state index contributed by atoms with van der Waals surface area (Å²) in [6, 6.07) is 0.0908. The number of hydrogen-bond acceptors (Lipinski definition) is 6. The van der Waals surface area contributed by atoms with E-state index in [1.165, 1.54) is 0 Å². The van der Waals surface area contributed by atoms with Gasteiger partial charge in [0.15, 0.2) is 0 Å². The molecule has 1 atom stereocenters. The van der Waals surface area contributed by atoms with Gasteiger partial charge in [-0.15, -0.1) is 0 Å². The van der Waals surface area contributed by atoms with Gasteiger partial charge in [-0.1, -0.05) is 5.16 Å². The van der Waals surface area contributed by atoms with Crippen LogP contribution in [-0.4, -0.2) is 35.7 Å². The van der Waals surface area contributed by atoms with E-state index in [9.17, 15) is 4.79 Å². The molecule has 0 radical (unpaired) electrons. The normalized spacial score (nSPS) is 19.5. The van der Waals surface area contributed by atoms with Gasteiger partial charge in [0.1, 0.15) is 0 Å². The molecule has 0 saturated carbocycles. The predicted molar refractivity (Wildman–Crippen MR) is 60.3 cm³/mol. The largest absolute Gasteiger partial charge is 0.349 e. The molecular formula is C10H17N5O2. The van der Waals surface area contributed by atoms with Crippen LogP contribution in [0.4, 0.5) is 0 Å². The van der Waals surface area contributed by atoms with Crippen molar-refractivity contribution in [3.05, 3.63) is 11.7 Å². The summed E-state index contributed by atoms with van der Waals surface area (Å²) in [5.74, 6) is 0.267. The number of hydrogen-bond donors (Lipinski definition) is 3. The topological polar surface area (TPSA) is 106 Å². The van der Waals surface area contributed by atoms with Gasteiger partial charge in [-0.3, -0.25) is 4.79 Å². The van der Waals surface area contributed by atoms with Crippen molar-refractivity contribution < 1.29 is 9.32 Å². The standard InChI is InChI=1S/C10H17N5O2/c11-4-2-6-13-9(16)8-14-10(17-15-8)7-3-1-5-12-7/h7,12H,1-6,11H2,(H,13,16). The second-order valence-corrected chi connectivity index (χ2v) is 4.00.